The SMILES string of the molecule is COC(=O)[C@@H](OC(C)(C)C)C1=C(c2ccc(Cl)cc2)C2SC(c3ccnc(Cl)n3)=NC2C=C1C. The number of ether oxygens (including phenoxy) is 2. The number of carbonyl (C=O) groups is 1. The van der Waals surface area contributed by atoms with Crippen molar-refractivity contribution in [2.75, 3.05) is 7.11 Å². The molecule has 6 nitrogen and oxygen atoms in total. The molecule has 4 rings (SSSR count). The van der Waals surface area contributed by atoms with Crippen LogP contribution in [-0.4, -0.2) is 51.1 Å². The summed E-state index contributed by atoms with van der Waals surface area (Å²) in [6.45, 7) is 7.73. The van der Waals surface area contributed by atoms with E-state index in [4.69, 9.17) is 37.7 Å². The zero-order valence-electron chi connectivity index (χ0n) is 19.5. The molecule has 1 aromatic heterocycles. The maximum atomic E-state index is 13.0. The predicted octanol–water partition coefficient (Wildman–Crippen LogP) is 5.78. The number of thioether (sulfide) groups is 1. The Kier molecular flexibility index (Phi) is 7.20. The molecule has 0 fully saturated rings. The molecule has 0 saturated carbocycles. The van der Waals surface area contributed by atoms with Crippen LogP contribution < -0.4 is 0 Å². The van der Waals surface area contributed by atoms with Gasteiger partial charge in [0.2, 0.25) is 5.28 Å². The quantitative estimate of drug-likeness (QED) is 0.369. The van der Waals surface area contributed by atoms with E-state index in [0.29, 0.717) is 10.7 Å². The number of hydrogen-bond donors (Lipinski definition) is 0. The van der Waals surface area contributed by atoms with Crippen molar-refractivity contribution in [2.45, 2.75) is 50.7 Å². The normalized spacial score (nSPS) is 21.0. The maximum absolute atomic E-state index is 13.0. The van der Waals surface area contributed by atoms with Gasteiger partial charge >= 0.3 is 5.97 Å². The summed E-state index contributed by atoms with van der Waals surface area (Å²) < 4.78 is 11.4. The van der Waals surface area contributed by atoms with Gasteiger partial charge in [-0.25, -0.2) is 14.8 Å². The van der Waals surface area contributed by atoms with Crippen molar-refractivity contribution in [1.29, 1.82) is 0 Å². The van der Waals surface area contributed by atoms with Gasteiger partial charge < -0.3 is 9.47 Å². The Labute approximate surface area is 213 Å². The number of halogens is 2. The third-order valence-corrected chi connectivity index (χ3v) is 7.13. The molecule has 1 aliphatic carbocycles. The number of carbonyl (C=O) groups excluding carboxylic acids is 1. The molecular formula is C25H25Cl2N3O3S. The Balaban J connectivity index is 1.87. The number of methoxy groups -OCH3 is 1. The lowest BCUT2D eigenvalue weighted by atomic mass is 9.82. The second-order valence-electron chi connectivity index (χ2n) is 8.99. The second kappa shape index (κ2) is 9.82. The number of benzene rings is 1. The van der Waals surface area contributed by atoms with Crippen molar-refractivity contribution in [3.8, 4) is 0 Å². The number of aromatic nitrogens is 2. The van der Waals surface area contributed by atoms with E-state index in [0.717, 1.165) is 27.3 Å². The third-order valence-electron chi connectivity index (χ3n) is 5.38. The summed E-state index contributed by atoms with van der Waals surface area (Å²) in [5.74, 6) is -0.450. The molecule has 2 aromatic rings. The van der Waals surface area contributed by atoms with Gasteiger partial charge in [0.25, 0.3) is 0 Å². The van der Waals surface area contributed by atoms with Crippen LogP contribution in [0.4, 0.5) is 0 Å². The van der Waals surface area contributed by atoms with Crippen LogP contribution in [0, 0.1) is 0 Å². The van der Waals surface area contributed by atoms with E-state index < -0.39 is 17.7 Å². The monoisotopic (exact) mass is 517 g/mol. The van der Waals surface area contributed by atoms with E-state index in [1.807, 2.05) is 52.0 Å². The van der Waals surface area contributed by atoms with E-state index in [9.17, 15) is 4.79 Å². The lowest BCUT2D eigenvalue weighted by molar-refractivity contribution is -0.159. The highest BCUT2D eigenvalue weighted by Gasteiger charge is 2.42. The first-order valence-corrected chi connectivity index (χ1v) is 12.4. The number of nitrogens with zero attached hydrogens (tertiary/aromatic N) is 3. The van der Waals surface area contributed by atoms with Gasteiger partial charge in [-0.2, -0.15) is 0 Å². The smallest absolute Gasteiger partial charge is 0.339 e. The average molecular weight is 518 g/mol. The minimum Gasteiger partial charge on any atom is -0.467 e. The topological polar surface area (TPSA) is 73.7 Å². The van der Waals surface area contributed by atoms with Gasteiger partial charge in [0, 0.05) is 11.2 Å². The van der Waals surface area contributed by atoms with E-state index in [1.54, 1.807) is 24.0 Å². The Morgan fingerprint density at radius 1 is 1.15 bits per heavy atom. The standard InChI is InChI=1S/C25H25Cl2N3O3S/c1-13-12-17-21(34-22(29-17)16-10-11-28-24(27)30-16)19(14-6-8-15(26)9-7-14)18(13)20(23(31)32-5)33-25(2,3)4/h6-12,17,20-21H,1-5H3/t17?,20-,21?/m0/s1. The van der Waals surface area contributed by atoms with Gasteiger partial charge in [-0.15, -0.1) is 0 Å². The molecule has 178 valence electrons. The fourth-order valence-corrected chi connectivity index (χ4v) is 5.64. The number of fused-ring (bicyclic) bond motifs is 1. The van der Waals surface area contributed by atoms with Crippen molar-refractivity contribution in [1.82, 2.24) is 9.97 Å². The second-order valence-corrected chi connectivity index (χ2v) is 10.9. The number of hydrogen-bond acceptors (Lipinski definition) is 7. The van der Waals surface area contributed by atoms with Crippen molar-refractivity contribution >= 4 is 51.5 Å². The van der Waals surface area contributed by atoms with Crippen LogP contribution in [0.25, 0.3) is 5.57 Å². The Bertz CT molecular complexity index is 1200. The molecule has 0 radical (unpaired) electrons. The molecule has 0 N–H and O–H groups in total. The summed E-state index contributed by atoms with van der Waals surface area (Å²) in [6, 6.07) is 9.24. The molecule has 1 aromatic carbocycles. The molecule has 2 heterocycles. The van der Waals surface area contributed by atoms with E-state index >= 15 is 0 Å². The maximum Gasteiger partial charge on any atom is 0.339 e. The molecule has 3 atom stereocenters. The summed E-state index contributed by atoms with van der Waals surface area (Å²) in [6.07, 6.45) is 2.79. The van der Waals surface area contributed by atoms with Gasteiger partial charge in [0.15, 0.2) is 6.10 Å². The van der Waals surface area contributed by atoms with Gasteiger partial charge in [-0.05, 0) is 79.8 Å². The van der Waals surface area contributed by atoms with Gasteiger partial charge in [-0.1, -0.05) is 41.6 Å². The van der Waals surface area contributed by atoms with Gasteiger partial charge in [0.05, 0.1) is 29.7 Å². The first-order valence-electron chi connectivity index (χ1n) is 10.7. The van der Waals surface area contributed by atoms with E-state index in [1.165, 1.54) is 7.11 Å². The molecule has 34 heavy (non-hydrogen) atoms. The Morgan fingerprint density at radius 2 is 1.85 bits per heavy atom. The predicted molar refractivity (Wildman–Crippen MR) is 138 cm³/mol. The highest BCUT2D eigenvalue weighted by Crippen LogP contribution is 2.47. The first kappa shape index (κ1) is 24.9. The summed E-state index contributed by atoms with van der Waals surface area (Å²) in [4.78, 5) is 26.2. The largest absolute Gasteiger partial charge is 0.467 e. The zero-order valence-corrected chi connectivity index (χ0v) is 21.8. The molecule has 0 bridgehead atoms. The molecule has 1 aliphatic heterocycles. The van der Waals surface area contributed by atoms with Crippen LogP contribution >= 0.6 is 35.0 Å². The third kappa shape index (κ3) is 5.23. The van der Waals surface area contributed by atoms with Crippen LogP contribution in [0.15, 0.2) is 58.7 Å². The van der Waals surface area contributed by atoms with Crippen LogP contribution in [0.5, 0.6) is 0 Å². The van der Waals surface area contributed by atoms with E-state index in [2.05, 4.69) is 16.0 Å². The van der Waals surface area contributed by atoms with Crippen molar-refractivity contribution in [3.63, 3.8) is 0 Å². The molecule has 0 amide bonds. The van der Waals surface area contributed by atoms with Crippen LogP contribution in [-0.2, 0) is 14.3 Å². The summed E-state index contributed by atoms with van der Waals surface area (Å²) in [7, 11) is 1.37. The molecular weight excluding hydrogens is 493 g/mol. The van der Waals surface area contributed by atoms with Crippen molar-refractivity contribution in [3.05, 3.63) is 75.3 Å². The summed E-state index contributed by atoms with van der Waals surface area (Å²) in [5.41, 5.74) is 3.70. The highest BCUT2D eigenvalue weighted by molar-refractivity contribution is 8.15. The van der Waals surface area contributed by atoms with Crippen molar-refractivity contribution < 1.29 is 14.3 Å². The minimum atomic E-state index is -0.897. The minimum absolute atomic E-state index is 0.0978. The highest BCUT2D eigenvalue weighted by atomic mass is 35.5. The van der Waals surface area contributed by atoms with Crippen LogP contribution in [0.2, 0.25) is 10.3 Å². The Hall–Kier alpha value is -2.19. The number of rotatable bonds is 5. The number of esters is 1. The summed E-state index contributed by atoms with van der Waals surface area (Å²) in [5, 5.41) is 1.47. The van der Waals surface area contributed by atoms with Gasteiger partial charge in [0.1, 0.15) is 5.04 Å². The van der Waals surface area contributed by atoms with Gasteiger partial charge in [-0.3, -0.25) is 4.99 Å². The molecule has 0 saturated heterocycles. The average Bonchev–Trinajstić information content (AvgIpc) is 3.20. The molecule has 2 aliphatic rings. The van der Waals surface area contributed by atoms with Crippen LogP contribution in [0.1, 0.15) is 39.0 Å². The molecule has 2 unspecified atom stereocenters. The van der Waals surface area contributed by atoms with E-state index in [-0.39, 0.29) is 16.6 Å². The lowest BCUT2D eigenvalue weighted by Crippen LogP contribution is -2.38. The first-order chi connectivity index (χ1) is 16.1. The fraction of sp³-hybridized carbons (Fsp3) is 0.360. The fourth-order valence-electron chi connectivity index (χ4n) is 4.05. The summed E-state index contributed by atoms with van der Waals surface area (Å²) >= 11 is 13.8. The zero-order chi connectivity index (χ0) is 24.6. The number of aliphatic imine (C=N–C) groups is 1. The van der Waals surface area contributed by atoms with Crippen molar-refractivity contribution in [2.24, 2.45) is 4.99 Å². The van der Waals surface area contributed by atoms with Crippen LogP contribution in [0.3, 0.4) is 0 Å². The molecule has 0 spiro atoms. The molecule has 9 heteroatoms. The Morgan fingerprint density at radius 3 is 2.47 bits per heavy atom. The lowest BCUT2D eigenvalue weighted by Gasteiger charge is -2.34.